The molecule has 2 bridgehead atoms. The number of anilines is 1. The normalized spacial score (nSPS) is 23.9. The predicted molar refractivity (Wildman–Crippen MR) is 106 cm³/mol. The smallest absolute Gasteiger partial charge is 0.412 e. The minimum Gasteiger partial charge on any atom is -0.465 e. The third-order valence-corrected chi connectivity index (χ3v) is 5.63. The molecule has 5 heteroatoms. The first-order valence-corrected chi connectivity index (χ1v) is 9.09. The van der Waals surface area contributed by atoms with Crippen molar-refractivity contribution in [3.8, 4) is 0 Å². The van der Waals surface area contributed by atoms with Gasteiger partial charge in [0.2, 0.25) is 0 Å². The molecule has 0 aliphatic carbocycles. The van der Waals surface area contributed by atoms with Crippen LogP contribution in [0.15, 0.2) is 54.6 Å². The van der Waals surface area contributed by atoms with Gasteiger partial charge in [-0.25, -0.2) is 4.79 Å². The molecule has 3 saturated heterocycles. The maximum absolute atomic E-state index is 11.8. The van der Waals surface area contributed by atoms with Crippen LogP contribution in [0, 0.1) is 5.92 Å². The van der Waals surface area contributed by atoms with Gasteiger partial charge in [-0.05, 0) is 61.5 Å². The summed E-state index contributed by atoms with van der Waals surface area (Å²) in [5.41, 5.74) is 3.01. The molecular formula is C21H25ClN2O2. The number of piperidine rings is 3. The van der Waals surface area contributed by atoms with E-state index in [9.17, 15) is 9.90 Å². The fourth-order valence-electron chi connectivity index (χ4n) is 4.25. The second-order valence-corrected chi connectivity index (χ2v) is 7.18. The van der Waals surface area contributed by atoms with Crippen molar-refractivity contribution >= 4 is 24.2 Å². The molecule has 26 heavy (non-hydrogen) atoms. The Bertz CT molecular complexity index is 745. The van der Waals surface area contributed by atoms with Gasteiger partial charge in [-0.3, -0.25) is 9.80 Å². The zero-order valence-corrected chi connectivity index (χ0v) is 15.6. The number of benzene rings is 2. The highest BCUT2D eigenvalue weighted by Crippen LogP contribution is 2.41. The zero-order chi connectivity index (χ0) is 17.2. The maximum atomic E-state index is 11.8. The van der Waals surface area contributed by atoms with Gasteiger partial charge in [0, 0.05) is 11.7 Å². The lowest BCUT2D eigenvalue weighted by Gasteiger charge is -2.45. The van der Waals surface area contributed by atoms with E-state index in [1.54, 1.807) is 0 Å². The number of amides is 1. The number of hydrogen-bond acceptors (Lipinski definition) is 2. The molecule has 5 rings (SSSR count). The predicted octanol–water partition coefficient (Wildman–Crippen LogP) is 4.95. The van der Waals surface area contributed by atoms with Gasteiger partial charge in [0.25, 0.3) is 0 Å². The molecule has 1 unspecified atom stereocenters. The summed E-state index contributed by atoms with van der Waals surface area (Å²) >= 11 is 0. The van der Waals surface area contributed by atoms with Crippen molar-refractivity contribution in [1.29, 1.82) is 0 Å². The average molecular weight is 373 g/mol. The van der Waals surface area contributed by atoms with Crippen LogP contribution in [0.25, 0.3) is 0 Å². The summed E-state index contributed by atoms with van der Waals surface area (Å²) in [6.45, 7) is 2.72. The number of carboxylic acid groups (broad SMARTS) is 1. The summed E-state index contributed by atoms with van der Waals surface area (Å²) in [5.74, 6) is 0.832. The summed E-state index contributed by atoms with van der Waals surface area (Å²) in [7, 11) is 0. The van der Waals surface area contributed by atoms with Gasteiger partial charge in [0.05, 0.1) is 6.54 Å². The van der Waals surface area contributed by atoms with E-state index >= 15 is 0 Å². The number of hydrogen-bond donors (Lipinski definition) is 1. The first-order valence-electron chi connectivity index (χ1n) is 9.09. The van der Waals surface area contributed by atoms with Gasteiger partial charge in [-0.2, -0.15) is 0 Å². The van der Waals surface area contributed by atoms with E-state index in [0.717, 1.165) is 17.2 Å². The number of fused-ring (bicyclic) bond motifs is 3. The van der Waals surface area contributed by atoms with E-state index in [0.29, 0.717) is 12.6 Å². The van der Waals surface area contributed by atoms with E-state index in [1.807, 2.05) is 42.5 Å². The minimum atomic E-state index is -0.911. The molecule has 0 aromatic heterocycles. The summed E-state index contributed by atoms with van der Waals surface area (Å²) in [5, 5.41) is 9.71. The lowest BCUT2D eigenvalue weighted by atomic mass is 9.81. The lowest BCUT2D eigenvalue weighted by Crippen LogP contribution is -2.43. The molecule has 2 aromatic carbocycles. The lowest BCUT2D eigenvalue weighted by molar-refractivity contribution is 0.0490. The van der Waals surface area contributed by atoms with Crippen molar-refractivity contribution in [2.24, 2.45) is 5.92 Å². The summed E-state index contributed by atoms with van der Waals surface area (Å²) in [4.78, 5) is 15.8. The average Bonchev–Trinajstić information content (AvgIpc) is 2.68. The van der Waals surface area contributed by atoms with Crippen LogP contribution in [-0.2, 0) is 6.54 Å². The number of carbonyl (C=O) groups is 1. The fourth-order valence-corrected chi connectivity index (χ4v) is 4.25. The molecular weight excluding hydrogens is 348 g/mol. The summed E-state index contributed by atoms with van der Waals surface area (Å²) in [6.07, 6.45) is 2.91. The van der Waals surface area contributed by atoms with E-state index in [-0.39, 0.29) is 12.4 Å². The zero-order valence-electron chi connectivity index (χ0n) is 14.8. The molecule has 138 valence electrons. The largest absolute Gasteiger partial charge is 0.465 e. The van der Waals surface area contributed by atoms with Crippen LogP contribution in [-0.4, -0.2) is 29.2 Å². The molecule has 0 spiro atoms. The monoisotopic (exact) mass is 372 g/mol. The van der Waals surface area contributed by atoms with Crippen molar-refractivity contribution in [1.82, 2.24) is 4.90 Å². The Kier molecular flexibility index (Phi) is 5.84. The molecule has 0 saturated carbocycles. The Morgan fingerprint density at radius 3 is 2.42 bits per heavy atom. The first kappa shape index (κ1) is 18.7. The van der Waals surface area contributed by atoms with Gasteiger partial charge in [-0.1, -0.05) is 42.5 Å². The van der Waals surface area contributed by atoms with Crippen molar-refractivity contribution < 1.29 is 9.90 Å². The standard InChI is InChI=1S/C21H24N2O2.ClH/c24-21(25)23(15-17-5-2-1-3-6-17)19-8-4-7-18(14-19)20-13-16-9-11-22(20)12-10-16;/h1-8,14,16,20H,9-13,15H2,(H,24,25);1H. The van der Waals surface area contributed by atoms with E-state index < -0.39 is 6.09 Å². The first-order chi connectivity index (χ1) is 12.2. The minimum absolute atomic E-state index is 0. The molecule has 1 atom stereocenters. The Morgan fingerprint density at radius 1 is 1.08 bits per heavy atom. The van der Waals surface area contributed by atoms with Gasteiger partial charge >= 0.3 is 6.09 Å². The topological polar surface area (TPSA) is 43.8 Å². The van der Waals surface area contributed by atoms with E-state index in [4.69, 9.17) is 0 Å². The quantitative estimate of drug-likeness (QED) is 0.825. The van der Waals surface area contributed by atoms with Crippen molar-refractivity contribution in [2.75, 3.05) is 18.0 Å². The second-order valence-electron chi connectivity index (χ2n) is 7.18. The molecule has 1 N–H and O–H groups in total. The molecule has 3 fully saturated rings. The number of rotatable bonds is 4. The Hall–Kier alpha value is -2.04. The van der Waals surface area contributed by atoms with Crippen LogP contribution >= 0.6 is 12.4 Å². The highest BCUT2D eigenvalue weighted by atomic mass is 35.5. The summed E-state index contributed by atoms with van der Waals surface area (Å²) < 4.78 is 0. The third-order valence-electron chi connectivity index (χ3n) is 5.63. The van der Waals surface area contributed by atoms with Crippen LogP contribution in [0.1, 0.15) is 36.4 Å². The van der Waals surface area contributed by atoms with Crippen LogP contribution in [0.2, 0.25) is 0 Å². The SMILES string of the molecule is Cl.O=C(O)N(Cc1ccccc1)c1cccc(C2CC3CCN2CC3)c1. The Balaban J connectivity index is 0.00000196. The Labute approximate surface area is 160 Å². The molecule has 3 aliphatic heterocycles. The van der Waals surface area contributed by atoms with Crippen molar-refractivity contribution in [3.05, 3.63) is 65.7 Å². The highest BCUT2D eigenvalue weighted by molar-refractivity contribution is 5.86. The van der Waals surface area contributed by atoms with Gasteiger partial charge < -0.3 is 5.11 Å². The fraction of sp³-hybridized carbons (Fsp3) is 0.381. The second kappa shape index (κ2) is 8.11. The van der Waals surface area contributed by atoms with Gasteiger partial charge in [0.15, 0.2) is 0 Å². The van der Waals surface area contributed by atoms with Crippen LogP contribution in [0.4, 0.5) is 10.5 Å². The van der Waals surface area contributed by atoms with E-state index in [2.05, 4.69) is 17.0 Å². The molecule has 3 aliphatic rings. The van der Waals surface area contributed by atoms with Crippen LogP contribution in [0.3, 0.4) is 0 Å². The Morgan fingerprint density at radius 2 is 1.81 bits per heavy atom. The molecule has 2 aromatic rings. The summed E-state index contributed by atoms with van der Waals surface area (Å²) in [6, 6.07) is 18.3. The molecule has 3 heterocycles. The molecule has 4 nitrogen and oxygen atoms in total. The van der Waals surface area contributed by atoms with Crippen LogP contribution < -0.4 is 4.90 Å². The number of halogens is 1. The van der Waals surface area contributed by atoms with E-state index in [1.165, 1.54) is 42.8 Å². The third kappa shape index (κ3) is 3.87. The van der Waals surface area contributed by atoms with Crippen molar-refractivity contribution in [3.63, 3.8) is 0 Å². The molecule has 1 amide bonds. The molecule has 0 radical (unpaired) electrons. The van der Waals surface area contributed by atoms with Gasteiger partial charge in [0.1, 0.15) is 0 Å². The number of nitrogens with zero attached hydrogens (tertiary/aromatic N) is 2. The maximum Gasteiger partial charge on any atom is 0.412 e. The van der Waals surface area contributed by atoms with Crippen molar-refractivity contribution in [2.45, 2.75) is 31.8 Å². The van der Waals surface area contributed by atoms with Crippen LogP contribution in [0.5, 0.6) is 0 Å². The highest BCUT2D eigenvalue weighted by Gasteiger charge is 2.34. The van der Waals surface area contributed by atoms with Gasteiger partial charge in [-0.15, -0.1) is 12.4 Å².